The van der Waals surface area contributed by atoms with Gasteiger partial charge in [-0.2, -0.15) is 0 Å². The predicted molar refractivity (Wildman–Crippen MR) is 77.7 cm³/mol. The minimum atomic E-state index is -0.441. The molecule has 0 spiro atoms. The summed E-state index contributed by atoms with van der Waals surface area (Å²) < 4.78 is 0. The second kappa shape index (κ2) is 10.6. The van der Waals surface area contributed by atoms with Gasteiger partial charge < -0.3 is 16.2 Å². The summed E-state index contributed by atoms with van der Waals surface area (Å²) >= 11 is 0. The van der Waals surface area contributed by atoms with E-state index in [1.807, 2.05) is 13.8 Å². The van der Waals surface area contributed by atoms with Gasteiger partial charge in [-0.05, 0) is 30.6 Å². The zero-order chi connectivity index (χ0) is 13.4. The molecule has 0 aliphatic carbocycles. The molecular formula is C13H29ClN2O2. The fourth-order valence-electron chi connectivity index (χ4n) is 1.82. The number of nitrogens with two attached hydrogens (primary N) is 1. The maximum atomic E-state index is 11.7. The molecule has 18 heavy (non-hydrogen) atoms. The molecule has 5 heteroatoms. The summed E-state index contributed by atoms with van der Waals surface area (Å²) in [5.74, 6) is 0.966. The number of aliphatic hydroxyl groups is 1. The van der Waals surface area contributed by atoms with Crippen molar-refractivity contribution in [1.82, 2.24) is 5.32 Å². The minimum absolute atomic E-state index is 0. The molecule has 2 atom stereocenters. The SMILES string of the molecule is CC(C)CC(CCO)CNC(=O)[C@@H](N)C(C)C.Cl. The highest BCUT2D eigenvalue weighted by molar-refractivity contribution is 5.85. The Labute approximate surface area is 117 Å². The highest BCUT2D eigenvalue weighted by Crippen LogP contribution is 2.14. The summed E-state index contributed by atoms with van der Waals surface area (Å²) in [6.07, 6.45) is 1.74. The van der Waals surface area contributed by atoms with Crippen LogP contribution in [0.2, 0.25) is 0 Å². The Morgan fingerprint density at radius 3 is 2.22 bits per heavy atom. The van der Waals surface area contributed by atoms with Crippen molar-refractivity contribution < 1.29 is 9.90 Å². The lowest BCUT2D eigenvalue weighted by Gasteiger charge is -2.21. The van der Waals surface area contributed by atoms with Crippen LogP contribution in [0.15, 0.2) is 0 Å². The fraction of sp³-hybridized carbons (Fsp3) is 0.923. The van der Waals surface area contributed by atoms with E-state index in [9.17, 15) is 4.79 Å². The number of carbonyl (C=O) groups is 1. The summed E-state index contributed by atoms with van der Waals surface area (Å²) in [5.41, 5.74) is 5.76. The summed E-state index contributed by atoms with van der Waals surface area (Å²) in [7, 11) is 0. The van der Waals surface area contributed by atoms with E-state index in [-0.39, 0.29) is 30.8 Å². The zero-order valence-corrected chi connectivity index (χ0v) is 12.8. The second-order valence-electron chi connectivity index (χ2n) is 5.52. The van der Waals surface area contributed by atoms with Crippen LogP contribution in [-0.2, 0) is 4.79 Å². The van der Waals surface area contributed by atoms with E-state index in [0.717, 1.165) is 12.8 Å². The molecule has 0 rings (SSSR count). The Morgan fingerprint density at radius 2 is 1.83 bits per heavy atom. The third-order valence-corrected chi connectivity index (χ3v) is 2.93. The van der Waals surface area contributed by atoms with Gasteiger partial charge in [-0.15, -0.1) is 12.4 Å². The van der Waals surface area contributed by atoms with Crippen molar-refractivity contribution in [2.24, 2.45) is 23.5 Å². The second-order valence-corrected chi connectivity index (χ2v) is 5.52. The molecule has 0 aliphatic rings. The molecule has 1 amide bonds. The number of nitrogens with one attached hydrogen (secondary N) is 1. The van der Waals surface area contributed by atoms with Crippen LogP contribution in [0.5, 0.6) is 0 Å². The molecule has 0 saturated carbocycles. The van der Waals surface area contributed by atoms with Gasteiger partial charge in [-0.3, -0.25) is 4.79 Å². The first-order valence-corrected chi connectivity index (χ1v) is 6.52. The maximum absolute atomic E-state index is 11.7. The summed E-state index contributed by atoms with van der Waals surface area (Å²) in [6, 6.07) is -0.441. The minimum Gasteiger partial charge on any atom is -0.396 e. The van der Waals surface area contributed by atoms with E-state index < -0.39 is 6.04 Å². The molecule has 0 saturated heterocycles. The van der Waals surface area contributed by atoms with Crippen molar-refractivity contribution in [3.63, 3.8) is 0 Å². The topological polar surface area (TPSA) is 75.3 Å². The first-order chi connectivity index (χ1) is 7.88. The molecule has 0 aromatic carbocycles. The molecule has 0 aromatic heterocycles. The lowest BCUT2D eigenvalue weighted by atomic mass is 9.94. The van der Waals surface area contributed by atoms with E-state index in [1.54, 1.807) is 0 Å². The van der Waals surface area contributed by atoms with Crippen LogP contribution in [-0.4, -0.2) is 30.2 Å². The molecular weight excluding hydrogens is 252 g/mol. The third kappa shape index (κ3) is 8.72. The molecule has 0 aliphatic heterocycles. The summed E-state index contributed by atoms with van der Waals surface area (Å²) in [6.45, 7) is 8.94. The van der Waals surface area contributed by atoms with E-state index in [4.69, 9.17) is 10.8 Å². The average Bonchev–Trinajstić information content (AvgIpc) is 2.23. The monoisotopic (exact) mass is 280 g/mol. The van der Waals surface area contributed by atoms with Crippen molar-refractivity contribution in [3.8, 4) is 0 Å². The number of amides is 1. The van der Waals surface area contributed by atoms with E-state index in [1.165, 1.54) is 0 Å². The van der Waals surface area contributed by atoms with Gasteiger partial charge in [-0.25, -0.2) is 0 Å². The molecule has 4 N–H and O–H groups in total. The maximum Gasteiger partial charge on any atom is 0.237 e. The van der Waals surface area contributed by atoms with Gasteiger partial charge in [0, 0.05) is 13.2 Å². The Kier molecular flexibility index (Phi) is 11.8. The predicted octanol–water partition coefficient (Wildman–Crippen LogP) is 1.55. The van der Waals surface area contributed by atoms with Crippen LogP contribution in [0.3, 0.4) is 0 Å². The number of rotatable bonds is 8. The normalized spacial score (nSPS) is 14.2. The van der Waals surface area contributed by atoms with Gasteiger partial charge in [0.05, 0.1) is 6.04 Å². The van der Waals surface area contributed by atoms with Gasteiger partial charge in [0.2, 0.25) is 5.91 Å². The fourth-order valence-corrected chi connectivity index (χ4v) is 1.82. The van der Waals surface area contributed by atoms with Crippen LogP contribution in [0, 0.1) is 17.8 Å². The quantitative estimate of drug-likeness (QED) is 0.631. The van der Waals surface area contributed by atoms with Crippen LogP contribution in [0.1, 0.15) is 40.5 Å². The average molecular weight is 281 g/mol. The molecule has 0 bridgehead atoms. The molecule has 0 radical (unpaired) electrons. The van der Waals surface area contributed by atoms with Crippen molar-refractivity contribution in [2.75, 3.05) is 13.2 Å². The third-order valence-electron chi connectivity index (χ3n) is 2.93. The number of halogens is 1. The highest BCUT2D eigenvalue weighted by Gasteiger charge is 2.18. The lowest BCUT2D eigenvalue weighted by Crippen LogP contribution is -2.45. The van der Waals surface area contributed by atoms with Crippen molar-refractivity contribution in [3.05, 3.63) is 0 Å². The van der Waals surface area contributed by atoms with Crippen molar-refractivity contribution >= 4 is 18.3 Å². The van der Waals surface area contributed by atoms with E-state index in [0.29, 0.717) is 18.4 Å². The Balaban J connectivity index is 0. The van der Waals surface area contributed by atoms with Crippen LogP contribution in [0.4, 0.5) is 0 Å². The first kappa shape index (κ1) is 20.0. The summed E-state index contributed by atoms with van der Waals surface area (Å²) in [4.78, 5) is 11.7. The lowest BCUT2D eigenvalue weighted by molar-refractivity contribution is -0.123. The summed E-state index contributed by atoms with van der Waals surface area (Å²) in [5, 5.41) is 11.9. The molecule has 4 nitrogen and oxygen atoms in total. The molecule has 0 heterocycles. The number of aliphatic hydroxyl groups excluding tert-OH is 1. The van der Waals surface area contributed by atoms with Gasteiger partial charge in [0.15, 0.2) is 0 Å². The van der Waals surface area contributed by atoms with Gasteiger partial charge in [-0.1, -0.05) is 27.7 Å². The first-order valence-electron chi connectivity index (χ1n) is 6.52. The largest absolute Gasteiger partial charge is 0.396 e. The van der Waals surface area contributed by atoms with E-state index in [2.05, 4.69) is 19.2 Å². The smallest absolute Gasteiger partial charge is 0.237 e. The van der Waals surface area contributed by atoms with Gasteiger partial charge in [0.1, 0.15) is 0 Å². The van der Waals surface area contributed by atoms with Crippen molar-refractivity contribution in [1.29, 1.82) is 0 Å². The Bertz CT molecular complexity index is 223. The van der Waals surface area contributed by atoms with Crippen molar-refractivity contribution in [2.45, 2.75) is 46.6 Å². The molecule has 0 aromatic rings. The Morgan fingerprint density at radius 1 is 1.28 bits per heavy atom. The van der Waals surface area contributed by atoms with Crippen LogP contribution in [0.25, 0.3) is 0 Å². The van der Waals surface area contributed by atoms with Crippen LogP contribution >= 0.6 is 12.4 Å². The Hall–Kier alpha value is -0.320. The molecule has 110 valence electrons. The van der Waals surface area contributed by atoms with Crippen LogP contribution < -0.4 is 11.1 Å². The number of hydrogen-bond acceptors (Lipinski definition) is 3. The number of carbonyl (C=O) groups excluding carboxylic acids is 1. The zero-order valence-electron chi connectivity index (χ0n) is 12.0. The molecule has 0 fully saturated rings. The van der Waals surface area contributed by atoms with Gasteiger partial charge in [0.25, 0.3) is 0 Å². The number of hydrogen-bond donors (Lipinski definition) is 3. The highest BCUT2D eigenvalue weighted by atomic mass is 35.5. The molecule has 1 unspecified atom stereocenters. The van der Waals surface area contributed by atoms with Gasteiger partial charge >= 0.3 is 0 Å². The standard InChI is InChI=1S/C13H28N2O2.ClH/c1-9(2)7-11(5-6-16)8-15-13(17)12(14)10(3)4;/h9-12,16H,5-8,14H2,1-4H3,(H,15,17);1H/t11?,12-;/m0./s1. The van der Waals surface area contributed by atoms with E-state index >= 15 is 0 Å².